The van der Waals surface area contributed by atoms with E-state index in [4.69, 9.17) is 5.73 Å². The fourth-order valence-corrected chi connectivity index (χ4v) is 3.16. The molecule has 0 aliphatic heterocycles. The van der Waals surface area contributed by atoms with Crippen LogP contribution in [0.25, 0.3) is 5.70 Å². The van der Waals surface area contributed by atoms with Crippen molar-refractivity contribution in [2.45, 2.75) is 5.41 Å². The number of ether oxygens (including phenoxy) is 1. The van der Waals surface area contributed by atoms with Crippen LogP contribution in [-0.4, -0.2) is 13.1 Å². The number of methoxy groups -OCH3 is 1. The largest absolute Gasteiger partial charge is 0.466 e. The Balaban J connectivity index is 2.29. The lowest BCUT2D eigenvalue weighted by atomic mass is 9.73. The second-order valence-corrected chi connectivity index (χ2v) is 5.46. The first-order chi connectivity index (χ1) is 11.6. The van der Waals surface area contributed by atoms with E-state index in [2.05, 4.69) is 10.8 Å². The smallest absolute Gasteiger partial charge is 0.330 e. The van der Waals surface area contributed by atoms with Crippen LogP contribution in [0.4, 0.5) is 0 Å². The topological polar surface area (TPSA) is 76.1 Å². The Morgan fingerprint density at radius 2 is 1.83 bits per heavy atom. The van der Waals surface area contributed by atoms with Crippen molar-refractivity contribution in [3.8, 4) is 6.07 Å². The average molecular weight is 316 g/mol. The van der Waals surface area contributed by atoms with E-state index in [1.165, 1.54) is 13.2 Å². The van der Waals surface area contributed by atoms with E-state index in [-0.39, 0.29) is 0 Å². The van der Waals surface area contributed by atoms with E-state index in [1.807, 2.05) is 54.6 Å². The Bertz CT molecular complexity index is 891. The van der Waals surface area contributed by atoms with Gasteiger partial charge in [-0.05, 0) is 17.2 Å². The van der Waals surface area contributed by atoms with Gasteiger partial charge in [0.2, 0.25) is 0 Å². The van der Waals surface area contributed by atoms with E-state index in [0.717, 1.165) is 16.7 Å². The number of carbonyl (C=O) groups excluding carboxylic acids is 1. The predicted octanol–water partition coefficient (Wildman–Crippen LogP) is 2.91. The standard InChI is InChI=1S/C20H16N2O2/c1-24-18(23)12-11-17-19(22)15-9-5-6-10-16(15)20(17,13-21)14-7-3-2-4-8-14/h2-12H,22H2,1H3/b12-11+/t20-/m1/s1. The summed E-state index contributed by atoms with van der Waals surface area (Å²) in [7, 11) is 1.31. The number of hydrogen-bond donors (Lipinski definition) is 1. The number of allylic oxidation sites excluding steroid dienone is 2. The Kier molecular flexibility index (Phi) is 3.93. The number of nitrogens with zero attached hydrogens (tertiary/aromatic N) is 1. The minimum atomic E-state index is -1.05. The van der Waals surface area contributed by atoms with Crippen LogP contribution in [0.5, 0.6) is 0 Å². The van der Waals surface area contributed by atoms with Gasteiger partial charge in [-0.1, -0.05) is 54.6 Å². The summed E-state index contributed by atoms with van der Waals surface area (Å²) in [5, 5.41) is 10.1. The predicted molar refractivity (Wildman–Crippen MR) is 91.5 cm³/mol. The highest BCUT2D eigenvalue weighted by Gasteiger charge is 2.45. The quantitative estimate of drug-likeness (QED) is 0.698. The van der Waals surface area contributed by atoms with Crippen LogP contribution >= 0.6 is 0 Å². The molecule has 4 heteroatoms. The van der Waals surface area contributed by atoms with E-state index < -0.39 is 11.4 Å². The molecule has 1 aliphatic rings. The maximum Gasteiger partial charge on any atom is 0.330 e. The molecule has 1 atom stereocenters. The summed E-state index contributed by atoms with van der Waals surface area (Å²) in [6, 6.07) is 19.4. The second kappa shape index (κ2) is 6.05. The van der Waals surface area contributed by atoms with Gasteiger partial charge in [-0.3, -0.25) is 0 Å². The lowest BCUT2D eigenvalue weighted by molar-refractivity contribution is -0.134. The van der Waals surface area contributed by atoms with Gasteiger partial charge in [-0.15, -0.1) is 0 Å². The molecule has 1 aliphatic carbocycles. The number of carbonyl (C=O) groups is 1. The van der Waals surface area contributed by atoms with Crippen molar-refractivity contribution < 1.29 is 9.53 Å². The molecule has 118 valence electrons. The number of esters is 1. The highest BCUT2D eigenvalue weighted by atomic mass is 16.5. The van der Waals surface area contributed by atoms with E-state index in [9.17, 15) is 10.1 Å². The minimum absolute atomic E-state index is 0.494. The van der Waals surface area contributed by atoms with Gasteiger partial charge in [-0.2, -0.15) is 5.26 Å². The molecule has 2 N–H and O–H groups in total. The molecule has 2 aromatic carbocycles. The van der Waals surface area contributed by atoms with Gasteiger partial charge in [0.25, 0.3) is 0 Å². The van der Waals surface area contributed by atoms with Crippen molar-refractivity contribution in [1.29, 1.82) is 5.26 Å². The highest BCUT2D eigenvalue weighted by Crippen LogP contribution is 2.49. The Morgan fingerprint density at radius 3 is 2.50 bits per heavy atom. The molecule has 0 heterocycles. The first-order valence-electron chi connectivity index (χ1n) is 7.48. The van der Waals surface area contributed by atoms with Crippen molar-refractivity contribution in [2.75, 3.05) is 7.11 Å². The highest BCUT2D eigenvalue weighted by molar-refractivity contribution is 5.88. The molecule has 0 unspecified atom stereocenters. The van der Waals surface area contributed by atoms with Crippen LogP contribution in [-0.2, 0) is 14.9 Å². The molecule has 3 rings (SSSR count). The van der Waals surface area contributed by atoms with Crippen molar-refractivity contribution in [3.63, 3.8) is 0 Å². The van der Waals surface area contributed by atoms with Crippen LogP contribution in [0, 0.1) is 11.3 Å². The van der Waals surface area contributed by atoms with Crippen LogP contribution < -0.4 is 5.73 Å². The lowest BCUT2D eigenvalue weighted by Gasteiger charge is -2.25. The number of hydrogen-bond acceptors (Lipinski definition) is 4. The van der Waals surface area contributed by atoms with Gasteiger partial charge in [0.05, 0.1) is 13.2 Å². The van der Waals surface area contributed by atoms with Gasteiger partial charge in [0.15, 0.2) is 0 Å². The summed E-state index contributed by atoms with van der Waals surface area (Å²) in [6.07, 6.45) is 2.88. The third-order valence-corrected chi connectivity index (χ3v) is 4.28. The molecule has 0 amide bonds. The fourth-order valence-electron chi connectivity index (χ4n) is 3.16. The molecule has 0 spiro atoms. The molecule has 0 saturated heterocycles. The Morgan fingerprint density at radius 1 is 1.17 bits per heavy atom. The van der Waals surface area contributed by atoms with Crippen LogP contribution in [0.2, 0.25) is 0 Å². The number of nitrogens with two attached hydrogens (primary N) is 1. The van der Waals surface area contributed by atoms with E-state index in [0.29, 0.717) is 11.3 Å². The van der Waals surface area contributed by atoms with Crippen LogP contribution in [0.1, 0.15) is 16.7 Å². The molecule has 0 bridgehead atoms. The summed E-state index contributed by atoms with van der Waals surface area (Å²) < 4.78 is 4.66. The normalized spacial score (nSPS) is 19.2. The van der Waals surface area contributed by atoms with Gasteiger partial charge >= 0.3 is 5.97 Å². The molecule has 24 heavy (non-hydrogen) atoms. The van der Waals surface area contributed by atoms with Crippen molar-refractivity contribution in [1.82, 2.24) is 0 Å². The number of fused-ring (bicyclic) bond motifs is 1. The van der Waals surface area contributed by atoms with Crippen molar-refractivity contribution in [3.05, 3.63) is 89.0 Å². The zero-order valence-corrected chi connectivity index (χ0v) is 13.2. The van der Waals surface area contributed by atoms with Crippen LogP contribution in [0.15, 0.2) is 72.3 Å². The van der Waals surface area contributed by atoms with Gasteiger partial charge in [0, 0.05) is 22.9 Å². The first-order valence-corrected chi connectivity index (χ1v) is 7.48. The molecular formula is C20H16N2O2. The molecule has 0 saturated carbocycles. The fraction of sp³-hybridized carbons (Fsp3) is 0.100. The van der Waals surface area contributed by atoms with E-state index in [1.54, 1.807) is 6.08 Å². The summed E-state index contributed by atoms with van der Waals surface area (Å²) >= 11 is 0. The molecule has 0 fully saturated rings. The number of rotatable bonds is 3. The molecule has 2 aromatic rings. The monoisotopic (exact) mass is 316 g/mol. The van der Waals surface area contributed by atoms with Gasteiger partial charge in [0.1, 0.15) is 5.41 Å². The maximum atomic E-state index is 11.5. The number of nitriles is 1. The van der Waals surface area contributed by atoms with Gasteiger partial charge in [-0.25, -0.2) is 4.79 Å². The summed E-state index contributed by atoms with van der Waals surface area (Å²) in [5.74, 6) is -0.494. The third kappa shape index (κ3) is 2.19. The molecular weight excluding hydrogens is 300 g/mol. The van der Waals surface area contributed by atoms with E-state index >= 15 is 0 Å². The third-order valence-electron chi connectivity index (χ3n) is 4.28. The number of benzene rings is 2. The SMILES string of the molecule is COC(=O)/C=C/C1=C(N)c2ccccc2[C@@]1(C#N)c1ccccc1. The zero-order chi connectivity index (χ0) is 17.2. The summed E-state index contributed by atoms with van der Waals surface area (Å²) in [5.41, 5.74) is 8.81. The maximum absolute atomic E-state index is 11.5. The minimum Gasteiger partial charge on any atom is -0.466 e. The Labute approximate surface area is 140 Å². The average Bonchev–Trinajstić information content (AvgIpc) is 2.89. The molecule has 0 radical (unpaired) electrons. The second-order valence-electron chi connectivity index (χ2n) is 5.46. The summed E-state index contributed by atoms with van der Waals surface area (Å²) in [4.78, 5) is 11.5. The van der Waals surface area contributed by atoms with Crippen molar-refractivity contribution >= 4 is 11.7 Å². The lowest BCUT2D eigenvalue weighted by Crippen LogP contribution is -2.26. The molecule has 4 nitrogen and oxygen atoms in total. The van der Waals surface area contributed by atoms with Crippen molar-refractivity contribution in [2.24, 2.45) is 5.73 Å². The summed E-state index contributed by atoms with van der Waals surface area (Å²) in [6.45, 7) is 0. The van der Waals surface area contributed by atoms with Gasteiger partial charge < -0.3 is 10.5 Å². The Hall–Kier alpha value is -3.32. The van der Waals surface area contributed by atoms with Crippen LogP contribution in [0.3, 0.4) is 0 Å². The zero-order valence-electron chi connectivity index (χ0n) is 13.2. The molecule has 0 aromatic heterocycles. The first kappa shape index (κ1) is 15.6.